The van der Waals surface area contributed by atoms with Crippen LogP contribution in [-0.4, -0.2) is 86.8 Å². The van der Waals surface area contributed by atoms with Gasteiger partial charge in [0, 0.05) is 73.7 Å². The summed E-state index contributed by atoms with van der Waals surface area (Å²) in [5.74, 6) is -1.25. The summed E-state index contributed by atoms with van der Waals surface area (Å²) in [5.41, 5.74) is 5.47. The Hall–Kier alpha value is -5.09. The molecule has 3 aromatic heterocycles. The van der Waals surface area contributed by atoms with Crippen molar-refractivity contribution in [2.45, 2.75) is 19.0 Å². The highest BCUT2D eigenvalue weighted by Crippen LogP contribution is 2.43. The normalized spacial score (nSPS) is 13.7. The van der Waals surface area contributed by atoms with Crippen LogP contribution in [0.5, 0.6) is 5.75 Å². The number of aliphatic carboxylic acids is 1. The Morgan fingerprint density at radius 2 is 1.77 bits per heavy atom. The molecule has 0 aliphatic carbocycles. The molecule has 0 spiro atoms. The van der Waals surface area contributed by atoms with Crippen molar-refractivity contribution in [2.75, 3.05) is 49.1 Å². The van der Waals surface area contributed by atoms with Crippen molar-refractivity contribution in [1.29, 1.82) is 0 Å². The number of methoxy groups -OCH3 is 1. The Labute approximate surface area is 304 Å². The Morgan fingerprint density at radius 1 is 1.08 bits per heavy atom. The van der Waals surface area contributed by atoms with Crippen LogP contribution >= 0.6 is 23.1 Å². The number of ether oxygens (including phenoxy) is 1. The number of hydrogen-bond acceptors (Lipinski definition) is 12. The number of fused-ring (bicyclic) bond motifs is 1. The summed E-state index contributed by atoms with van der Waals surface area (Å²) >= 11 is 3.56. The number of hydrogen-bond donors (Lipinski definition) is 3. The first-order chi connectivity index (χ1) is 24.6. The van der Waals surface area contributed by atoms with Gasteiger partial charge in [-0.1, -0.05) is 0 Å². The minimum absolute atomic E-state index is 0.0866. The molecule has 0 unspecified atom stereocenters. The number of nitrogens with zero attached hydrogens (tertiary/aromatic N) is 7. The highest BCUT2D eigenvalue weighted by molar-refractivity contribution is 9.10. The molecule has 0 bridgehead atoms. The van der Waals surface area contributed by atoms with E-state index in [1.807, 2.05) is 43.7 Å². The van der Waals surface area contributed by atoms with Crippen LogP contribution < -0.4 is 25.6 Å². The molecule has 1 saturated heterocycles. The molecule has 0 atom stereocenters. The fraction of sp³-hybridized carbons (Fsp3) is 0.303. The van der Waals surface area contributed by atoms with Crippen molar-refractivity contribution in [1.82, 2.24) is 29.7 Å². The second-order valence-electron chi connectivity index (χ2n) is 12.1. The number of carbonyl (C=O) groups is 2. The van der Waals surface area contributed by atoms with Crippen molar-refractivity contribution in [2.24, 2.45) is 13.0 Å². The highest BCUT2D eigenvalue weighted by atomic mass is 79.9. The van der Waals surface area contributed by atoms with E-state index in [1.54, 1.807) is 43.7 Å². The van der Waals surface area contributed by atoms with Crippen molar-refractivity contribution >= 4 is 80.5 Å². The van der Waals surface area contributed by atoms with Crippen LogP contribution in [0.1, 0.15) is 12.8 Å². The van der Waals surface area contributed by atoms with E-state index < -0.39 is 19.3 Å². The molecule has 52 heavy (non-hydrogen) atoms. The molecule has 0 radical (unpaired) electrons. The van der Waals surface area contributed by atoms with Crippen LogP contribution in [0.4, 0.5) is 42.0 Å². The quantitative estimate of drug-likeness (QED) is 0.111. The molecule has 19 heteroatoms. The number of anilines is 5. The van der Waals surface area contributed by atoms with Crippen LogP contribution in [0.25, 0.3) is 22.2 Å². The first-order valence-electron chi connectivity index (χ1n) is 15.7. The van der Waals surface area contributed by atoms with Crippen molar-refractivity contribution < 1.29 is 37.2 Å². The number of halogens is 4. The van der Waals surface area contributed by atoms with Gasteiger partial charge in [-0.15, -0.1) is 0 Å². The van der Waals surface area contributed by atoms with Gasteiger partial charge in [0.05, 0.1) is 40.0 Å². The number of rotatable bonds is 9. The molecule has 274 valence electrons. The van der Waals surface area contributed by atoms with Crippen LogP contribution in [-0.2, 0) is 21.2 Å². The number of carboxylic acids is 1. The molecule has 0 saturated carbocycles. The Balaban J connectivity index is 0.000000679. The van der Waals surface area contributed by atoms with Gasteiger partial charge in [0.1, 0.15) is 30.5 Å². The molecule has 3 N–H and O–H groups in total. The lowest BCUT2D eigenvalue weighted by molar-refractivity contribution is -0.192. The fourth-order valence-electron chi connectivity index (χ4n) is 5.60. The lowest BCUT2D eigenvalue weighted by Gasteiger charge is -2.33. The number of carbonyl (C=O) groups excluding carboxylic acids is 1. The SMILES string of the molecule is COc1cc(N2CCC(C=O)CC2)c(-c2cnn(C)c2)cc1Nc1ncc(Br)c(Nc2ccc3nccnc3c2P(C)(C)=O)n1.O=C(O)C(F)(F)F. The topological polar surface area (TPSA) is 177 Å². The molecule has 1 aliphatic rings. The van der Waals surface area contributed by atoms with Crippen molar-refractivity contribution in [3.8, 4) is 16.9 Å². The van der Waals surface area contributed by atoms with Crippen LogP contribution in [0.15, 0.2) is 59.7 Å². The minimum Gasteiger partial charge on any atom is -0.494 e. The molecule has 2 aromatic carbocycles. The number of piperidine rings is 1. The smallest absolute Gasteiger partial charge is 0.490 e. The predicted octanol–water partition coefficient (Wildman–Crippen LogP) is 6.38. The maximum Gasteiger partial charge on any atom is 0.490 e. The van der Waals surface area contributed by atoms with Gasteiger partial charge in [0.15, 0.2) is 0 Å². The molecular formula is C33H34BrF3N9O5P. The van der Waals surface area contributed by atoms with Gasteiger partial charge in [0.2, 0.25) is 5.95 Å². The third-order valence-corrected chi connectivity index (χ3v) is 10.2. The molecule has 4 heterocycles. The molecule has 6 rings (SSSR count). The summed E-state index contributed by atoms with van der Waals surface area (Å²) in [6.45, 7) is 4.96. The zero-order valence-electron chi connectivity index (χ0n) is 28.3. The maximum absolute atomic E-state index is 13.4. The second kappa shape index (κ2) is 15.7. The molecule has 14 nitrogen and oxygen atoms in total. The largest absolute Gasteiger partial charge is 0.494 e. The predicted molar refractivity (Wildman–Crippen MR) is 195 cm³/mol. The van der Waals surface area contributed by atoms with Gasteiger partial charge in [0.25, 0.3) is 0 Å². The standard InChI is InChI=1S/C31H33BrN9O3P.C2HF3O2/c1-40-17-20(15-36-40)21-13-25(27(44-2)14-26(21)41-11-7-19(18-42)8-12-41)38-31-35-16-22(32)30(39-31)37-24-6-5-23-28(34-10-9-33-23)29(24)45(3,4)43;3-2(4,5)1(6)7/h5-6,9-10,13-19H,7-8,11-12H2,1-4H3,(H2,35,37,38,39);(H,6,7). The first-order valence-corrected chi connectivity index (χ1v) is 19.1. The summed E-state index contributed by atoms with van der Waals surface area (Å²) in [6.07, 6.45) is 6.25. The van der Waals surface area contributed by atoms with Crippen molar-refractivity contribution in [3.05, 3.63) is 59.7 Å². The molecular weight excluding hydrogens is 770 g/mol. The van der Waals surface area contributed by atoms with Gasteiger partial charge < -0.3 is 34.7 Å². The lowest BCUT2D eigenvalue weighted by Crippen LogP contribution is -2.34. The van der Waals surface area contributed by atoms with E-state index in [9.17, 15) is 22.5 Å². The summed E-state index contributed by atoms with van der Waals surface area (Å²) in [5, 5.41) is 18.8. The van der Waals surface area contributed by atoms with Crippen molar-refractivity contribution in [3.63, 3.8) is 0 Å². The Morgan fingerprint density at radius 3 is 2.37 bits per heavy atom. The van der Waals surface area contributed by atoms with Gasteiger partial charge in [-0.2, -0.15) is 23.3 Å². The van der Waals surface area contributed by atoms with E-state index in [1.165, 1.54) is 0 Å². The van der Waals surface area contributed by atoms with E-state index in [2.05, 4.69) is 51.5 Å². The van der Waals surface area contributed by atoms with Gasteiger partial charge >= 0.3 is 12.1 Å². The van der Waals surface area contributed by atoms with E-state index in [0.29, 0.717) is 49.7 Å². The fourth-order valence-corrected chi connectivity index (χ4v) is 7.28. The van der Waals surface area contributed by atoms with E-state index in [0.717, 1.165) is 49.0 Å². The molecule has 0 amide bonds. The van der Waals surface area contributed by atoms with Crippen LogP contribution in [0.2, 0.25) is 0 Å². The third-order valence-electron chi connectivity index (χ3n) is 8.04. The van der Waals surface area contributed by atoms with Crippen LogP contribution in [0.3, 0.4) is 0 Å². The maximum atomic E-state index is 13.4. The monoisotopic (exact) mass is 803 g/mol. The van der Waals surface area contributed by atoms with E-state index in [4.69, 9.17) is 19.6 Å². The lowest BCUT2D eigenvalue weighted by atomic mass is 9.96. The number of nitrogens with one attached hydrogen (secondary N) is 2. The summed E-state index contributed by atoms with van der Waals surface area (Å²) in [6, 6.07) is 7.70. The molecule has 5 aromatic rings. The molecule has 1 aliphatic heterocycles. The number of carboxylic acid groups (broad SMARTS) is 1. The number of alkyl halides is 3. The van der Waals surface area contributed by atoms with Gasteiger partial charge in [-0.25, -0.2) is 9.78 Å². The average Bonchev–Trinajstić information content (AvgIpc) is 3.54. The van der Waals surface area contributed by atoms with E-state index >= 15 is 0 Å². The van der Waals surface area contributed by atoms with Gasteiger partial charge in [-0.3, -0.25) is 14.6 Å². The zero-order valence-corrected chi connectivity index (χ0v) is 30.8. The summed E-state index contributed by atoms with van der Waals surface area (Å²) in [4.78, 5) is 40.7. The Kier molecular flexibility index (Phi) is 11.5. The van der Waals surface area contributed by atoms with Crippen LogP contribution in [0, 0.1) is 5.92 Å². The molecule has 1 fully saturated rings. The number of aryl methyl sites for hydroxylation is 1. The first kappa shape index (κ1) is 38.1. The zero-order chi connectivity index (χ0) is 37.8. The van der Waals surface area contributed by atoms with E-state index in [-0.39, 0.29) is 5.92 Å². The average molecular weight is 805 g/mol. The van der Waals surface area contributed by atoms with Gasteiger partial charge in [-0.05, 0) is 60.3 Å². The number of aromatic nitrogens is 6. The third kappa shape index (κ3) is 8.85. The number of aldehydes is 1. The highest BCUT2D eigenvalue weighted by Gasteiger charge is 2.38. The summed E-state index contributed by atoms with van der Waals surface area (Å²) in [7, 11) is 0.739. The number of benzene rings is 2. The Bertz CT molecular complexity index is 2150. The summed E-state index contributed by atoms with van der Waals surface area (Å²) < 4.78 is 53.4. The minimum atomic E-state index is -5.08. The second-order valence-corrected chi connectivity index (χ2v) is 16.1.